The molecule has 0 amide bonds. The molecule has 0 saturated carbocycles. The molecule has 0 atom stereocenters. The maximum Gasteiger partial charge on any atom is 0.416 e. The van der Waals surface area contributed by atoms with Crippen molar-refractivity contribution in [3.05, 3.63) is 78.4 Å². The molecular formula is C22H17F3N4O3S. The average molecular weight is 474 g/mol. The van der Waals surface area contributed by atoms with Crippen LogP contribution in [0.15, 0.2) is 77.7 Å². The highest BCUT2D eigenvalue weighted by atomic mass is 32.2. The van der Waals surface area contributed by atoms with Gasteiger partial charge in [0.05, 0.1) is 34.3 Å². The number of anilines is 3. The zero-order valence-corrected chi connectivity index (χ0v) is 17.9. The molecule has 0 unspecified atom stereocenters. The summed E-state index contributed by atoms with van der Waals surface area (Å²) in [7, 11) is -2.74. The first-order valence-corrected chi connectivity index (χ1v) is 11.0. The lowest BCUT2D eigenvalue weighted by Gasteiger charge is -2.17. The zero-order chi connectivity index (χ0) is 23.6. The van der Waals surface area contributed by atoms with E-state index in [4.69, 9.17) is 4.74 Å². The van der Waals surface area contributed by atoms with Crippen LogP contribution in [0.4, 0.5) is 30.5 Å². The number of hydrogen-bond acceptors (Lipinski definition) is 6. The molecule has 0 saturated heterocycles. The summed E-state index contributed by atoms with van der Waals surface area (Å²) in [5.74, 6) is -0.169. The molecule has 1 heterocycles. The molecule has 3 aromatic carbocycles. The number of para-hydroxylation sites is 2. The lowest BCUT2D eigenvalue weighted by molar-refractivity contribution is -0.137. The van der Waals surface area contributed by atoms with Crippen molar-refractivity contribution in [1.29, 1.82) is 0 Å². The Bertz CT molecular complexity index is 1410. The van der Waals surface area contributed by atoms with E-state index in [-0.39, 0.29) is 28.0 Å². The fraction of sp³-hybridized carbons (Fsp3) is 0.0909. The fourth-order valence-electron chi connectivity index (χ4n) is 3.05. The highest BCUT2D eigenvalue weighted by molar-refractivity contribution is 7.92. The molecule has 0 aliphatic rings. The summed E-state index contributed by atoms with van der Waals surface area (Å²) in [6.45, 7) is 0. The Morgan fingerprint density at radius 1 is 0.848 bits per heavy atom. The Balaban J connectivity index is 1.82. The lowest BCUT2D eigenvalue weighted by atomic mass is 10.1. The number of halogens is 3. The van der Waals surface area contributed by atoms with E-state index in [1.54, 1.807) is 42.5 Å². The van der Waals surface area contributed by atoms with Crippen LogP contribution in [0.3, 0.4) is 0 Å². The average Bonchev–Trinajstić information content (AvgIpc) is 2.79. The monoisotopic (exact) mass is 474 g/mol. The number of methoxy groups -OCH3 is 1. The second kappa shape index (κ2) is 8.58. The molecule has 33 heavy (non-hydrogen) atoms. The van der Waals surface area contributed by atoms with E-state index in [1.165, 1.54) is 19.2 Å². The lowest BCUT2D eigenvalue weighted by Crippen LogP contribution is -2.16. The number of aromatic nitrogens is 2. The highest BCUT2D eigenvalue weighted by Gasteiger charge is 2.31. The van der Waals surface area contributed by atoms with E-state index in [9.17, 15) is 21.6 Å². The van der Waals surface area contributed by atoms with Crippen molar-refractivity contribution < 1.29 is 26.3 Å². The third-order valence-corrected chi connectivity index (χ3v) is 5.99. The summed E-state index contributed by atoms with van der Waals surface area (Å²) in [5, 5.41) is 2.75. The van der Waals surface area contributed by atoms with Gasteiger partial charge in [0, 0.05) is 0 Å². The predicted octanol–water partition coefficient (Wildman–Crippen LogP) is 5.20. The van der Waals surface area contributed by atoms with Crippen LogP contribution < -0.4 is 14.8 Å². The molecule has 2 N–H and O–H groups in total. The molecule has 4 rings (SSSR count). The van der Waals surface area contributed by atoms with Gasteiger partial charge in [0.2, 0.25) is 0 Å². The van der Waals surface area contributed by atoms with Gasteiger partial charge >= 0.3 is 6.18 Å². The van der Waals surface area contributed by atoms with E-state index >= 15 is 0 Å². The number of sulfonamides is 1. The number of ether oxygens (including phenoxy) is 1. The smallest absolute Gasteiger partial charge is 0.416 e. The molecule has 0 fully saturated rings. The van der Waals surface area contributed by atoms with Crippen LogP contribution in [0.25, 0.3) is 11.0 Å². The molecule has 0 aliphatic carbocycles. The Hall–Kier alpha value is -3.86. The normalized spacial score (nSPS) is 11.9. The van der Waals surface area contributed by atoms with Gasteiger partial charge in [-0.3, -0.25) is 4.72 Å². The number of alkyl halides is 3. The van der Waals surface area contributed by atoms with E-state index in [0.29, 0.717) is 11.0 Å². The summed E-state index contributed by atoms with van der Waals surface area (Å²) in [4.78, 5) is 8.70. The minimum atomic E-state index is -4.59. The van der Waals surface area contributed by atoms with Crippen LogP contribution in [0.2, 0.25) is 0 Å². The summed E-state index contributed by atoms with van der Waals surface area (Å²) in [6, 6.07) is 17.2. The van der Waals surface area contributed by atoms with Crippen LogP contribution in [-0.4, -0.2) is 25.5 Å². The summed E-state index contributed by atoms with van der Waals surface area (Å²) >= 11 is 0. The molecule has 0 aliphatic heterocycles. The van der Waals surface area contributed by atoms with E-state index < -0.39 is 21.8 Å². The molecule has 7 nitrogen and oxygen atoms in total. The third-order valence-electron chi connectivity index (χ3n) is 4.63. The number of hydrogen-bond donors (Lipinski definition) is 2. The number of rotatable bonds is 6. The van der Waals surface area contributed by atoms with Crippen LogP contribution in [0, 0.1) is 0 Å². The van der Waals surface area contributed by atoms with Gasteiger partial charge in [-0.1, -0.05) is 30.3 Å². The van der Waals surface area contributed by atoms with Crippen LogP contribution in [0.1, 0.15) is 5.56 Å². The van der Waals surface area contributed by atoms with Gasteiger partial charge in [-0.2, -0.15) is 13.2 Å². The highest BCUT2D eigenvalue weighted by Crippen LogP contribution is 2.37. The van der Waals surface area contributed by atoms with Crippen LogP contribution in [-0.2, 0) is 16.2 Å². The molecule has 0 spiro atoms. The first-order valence-electron chi connectivity index (χ1n) is 9.54. The van der Waals surface area contributed by atoms with Crippen LogP contribution in [0.5, 0.6) is 5.75 Å². The second-order valence-corrected chi connectivity index (χ2v) is 8.55. The van der Waals surface area contributed by atoms with Gasteiger partial charge in [-0.25, -0.2) is 18.4 Å². The van der Waals surface area contributed by atoms with Crippen molar-refractivity contribution in [2.24, 2.45) is 0 Å². The molecule has 4 aromatic rings. The summed E-state index contributed by atoms with van der Waals surface area (Å²) in [5.41, 5.74) is -0.165. The molecule has 0 radical (unpaired) electrons. The number of nitrogens with one attached hydrogen (secondary N) is 2. The molecule has 11 heteroatoms. The molecule has 1 aromatic heterocycles. The van der Waals surface area contributed by atoms with Crippen molar-refractivity contribution in [3.63, 3.8) is 0 Å². The Morgan fingerprint density at radius 3 is 2.06 bits per heavy atom. The largest absolute Gasteiger partial charge is 0.495 e. The zero-order valence-electron chi connectivity index (χ0n) is 17.1. The third kappa shape index (κ3) is 4.82. The second-order valence-electron chi connectivity index (χ2n) is 6.87. The van der Waals surface area contributed by atoms with E-state index in [0.717, 1.165) is 18.2 Å². The van der Waals surface area contributed by atoms with Gasteiger partial charge < -0.3 is 10.1 Å². The molecule has 170 valence electrons. The number of fused-ring (bicyclic) bond motifs is 1. The maximum atomic E-state index is 13.3. The predicted molar refractivity (Wildman–Crippen MR) is 118 cm³/mol. The Labute approximate surface area is 187 Å². The standard InChI is InChI=1S/C22H17F3N4O3S/c1-32-19-12-11-14(22(23,24)25)13-18(19)28-20-21(27-17-10-6-5-9-16(17)26-20)29-33(30,31)15-7-3-2-4-8-15/h2-13H,1H3,(H,26,28)(H,27,29). The van der Waals surface area contributed by atoms with Crippen molar-refractivity contribution in [2.45, 2.75) is 11.1 Å². The van der Waals surface area contributed by atoms with Gasteiger partial charge in [-0.05, 0) is 42.5 Å². The van der Waals surface area contributed by atoms with Crippen molar-refractivity contribution in [1.82, 2.24) is 9.97 Å². The Kier molecular flexibility index (Phi) is 5.81. The summed E-state index contributed by atoms with van der Waals surface area (Å²) in [6.07, 6.45) is -4.59. The topological polar surface area (TPSA) is 93.2 Å². The summed E-state index contributed by atoms with van der Waals surface area (Å²) < 4.78 is 73.0. The van der Waals surface area contributed by atoms with Crippen LogP contribution >= 0.6 is 0 Å². The van der Waals surface area contributed by atoms with Crippen molar-refractivity contribution in [2.75, 3.05) is 17.1 Å². The molecular weight excluding hydrogens is 457 g/mol. The first kappa shape index (κ1) is 22.3. The minimum absolute atomic E-state index is 0.0115. The van der Waals surface area contributed by atoms with E-state index in [2.05, 4.69) is 20.0 Å². The SMILES string of the molecule is COc1ccc(C(F)(F)F)cc1Nc1nc2ccccc2nc1NS(=O)(=O)c1ccccc1. The number of nitrogens with zero attached hydrogens (tertiary/aromatic N) is 2. The maximum absolute atomic E-state index is 13.3. The van der Waals surface area contributed by atoms with E-state index in [1.807, 2.05) is 0 Å². The van der Waals surface area contributed by atoms with Crippen molar-refractivity contribution >= 4 is 38.4 Å². The fourth-order valence-corrected chi connectivity index (χ4v) is 4.08. The first-order chi connectivity index (χ1) is 15.7. The van der Waals surface area contributed by atoms with Crippen molar-refractivity contribution in [3.8, 4) is 5.75 Å². The van der Waals surface area contributed by atoms with Gasteiger partial charge in [-0.15, -0.1) is 0 Å². The quantitative estimate of drug-likeness (QED) is 0.399. The van der Waals surface area contributed by atoms with Gasteiger partial charge in [0.15, 0.2) is 11.6 Å². The van der Waals surface area contributed by atoms with Gasteiger partial charge in [0.25, 0.3) is 10.0 Å². The molecule has 0 bridgehead atoms. The minimum Gasteiger partial charge on any atom is -0.495 e. The number of benzene rings is 3. The van der Waals surface area contributed by atoms with Gasteiger partial charge in [0.1, 0.15) is 5.75 Å². The Morgan fingerprint density at radius 2 is 1.45 bits per heavy atom.